The lowest BCUT2D eigenvalue weighted by atomic mass is 10.2. The fourth-order valence-corrected chi connectivity index (χ4v) is 1.04. The van der Waals surface area contributed by atoms with Crippen molar-refractivity contribution in [1.82, 2.24) is 0 Å². The van der Waals surface area contributed by atoms with E-state index in [2.05, 4.69) is 6.58 Å². The molecule has 0 radical (unpaired) electrons. The Morgan fingerprint density at radius 1 is 1.62 bits per heavy atom. The van der Waals surface area contributed by atoms with E-state index >= 15 is 0 Å². The Morgan fingerprint density at radius 3 is 2.25 bits per heavy atom. The predicted molar refractivity (Wildman–Crippen MR) is 28.1 cm³/mol. The van der Waals surface area contributed by atoms with Gasteiger partial charge in [0.2, 0.25) is 11.6 Å². The van der Waals surface area contributed by atoms with Crippen LogP contribution in [0.5, 0.6) is 0 Å². The molecule has 2 heterocycles. The summed E-state index contributed by atoms with van der Waals surface area (Å²) in [4.78, 5) is 0. The van der Waals surface area contributed by atoms with Gasteiger partial charge in [-0.05, 0) is 6.92 Å². The number of hydrogen-bond donors (Lipinski definition) is 0. The van der Waals surface area contributed by atoms with E-state index in [1.165, 1.54) is 0 Å². The number of epoxide rings is 2. The lowest BCUT2D eigenvalue weighted by Crippen LogP contribution is -1.94. The van der Waals surface area contributed by atoms with Crippen molar-refractivity contribution in [2.24, 2.45) is 0 Å². The maximum Gasteiger partial charge on any atom is 0.232 e. The van der Waals surface area contributed by atoms with Crippen LogP contribution in [-0.4, -0.2) is 11.6 Å². The van der Waals surface area contributed by atoms with Gasteiger partial charge in [0, 0.05) is 6.42 Å². The molecule has 2 rings (SSSR count). The van der Waals surface area contributed by atoms with Gasteiger partial charge in [0.15, 0.2) is 0 Å². The van der Waals surface area contributed by atoms with Gasteiger partial charge in [0.1, 0.15) is 0 Å². The molecule has 0 bridgehead atoms. The maximum absolute atomic E-state index is 5.13. The Labute approximate surface area is 48.1 Å². The highest BCUT2D eigenvalue weighted by Crippen LogP contribution is 2.69. The summed E-state index contributed by atoms with van der Waals surface area (Å²) in [6.07, 6.45) is 2.64. The number of fused-ring (bicyclic) bond motifs is 1. The minimum atomic E-state index is -0.214. The predicted octanol–water partition coefficient (Wildman–Crippen LogP) is 1.04. The van der Waals surface area contributed by atoms with Crippen molar-refractivity contribution in [3.8, 4) is 0 Å². The molecule has 2 aliphatic rings. The van der Waals surface area contributed by atoms with Crippen LogP contribution in [0.15, 0.2) is 12.7 Å². The van der Waals surface area contributed by atoms with Gasteiger partial charge in [-0.1, -0.05) is 6.08 Å². The molecule has 0 aromatic carbocycles. The van der Waals surface area contributed by atoms with Gasteiger partial charge in [-0.3, -0.25) is 0 Å². The molecule has 0 N–H and O–H groups in total. The molecule has 2 heteroatoms. The second-order valence-corrected chi connectivity index (χ2v) is 2.40. The van der Waals surface area contributed by atoms with Gasteiger partial charge in [-0.25, -0.2) is 0 Å². The molecule has 44 valence electrons. The molecule has 0 amide bonds. The summed E-state index contributed by atoms with van der Waals surface area (Å²) in [5.74, 6) is -0.421. The summed E-state index contributed by atoms with van der Waals surface area (Å²) in [5, 5.41) is 0. The van der Waals surface area contributed by atoms with Crippen LogP contribution in [0.25, 0.3) is 0 Å². The molecule has 2 nitrogen and oxygen atoms in total. The normalized spacial score (nSPS) is 57.1. The standard InChI is InChI=1S/C6H8O2/c1-3-4-6-5(2,7-6)8-6/h3H,1,4H2,2H3. The van der Waals surface area contributed by atoms with E-state index in [1.54, 1.807) is 0 Å². The van der Waals surface area contributed by atoms with Crippen molar-refractivity contribution in [2.75, 3.05) is 0 Å². The summed E-state index contributed by atoms with van der Waals surface area (Å²) in [6, 6.07) is 0. The van der Waals surface area contributed by atoms with Gasteiger partial charge in [0.05, 0.1) is 0 Å². The summed E-state index contributed by atoms with van der Waals surface area (Å²) in [5.41, 5.74) is 0. The van der Waals surface area contributed by atoms with Crippen LogP contribution in [0, 0.1) is 0 Å². The fraction of sp³-hybridized carbons (Fsp3) is 0.667. The molecule has 2 saturated heterocycles. The zero-order valence-corrected chi connectivity index (χ0v) is 4.81. The van der Waals surface area contributed by atoms with E-state index < -0.39 is 0 Å². The Bertz CT molecular complexity index is 145. The summed E-state index contributed by atoms with van der Waals surface area (Å²) < 4.78 is 10.3. The molecule has 0 saturated carbocycles. The monoisotopic (exact) mass is 112 g/mol. The van der Waals surface area contributed by atoms with E-state index in [0.29, 0.717) is 0 Å². The maximum atomic E-state index is 5.13. The first-order valence-electron chi connectivity index (χ1n) is 2.74. The highest BCUT2D eigenvalue weighted by molar-refractivity contribution is 5.17. The Balaban J connectivity index is 2.03. The van der Waals surface area contributed by atoms with Crippen molar-refractivity contribution in [2.45, 2.75) is 24.9 Å². The molecule has 2 aliphatic heterocycles. The van der Waals surface area contributed by atoms with Crippen molar-refractivity contribution in [1.29, 1.82) is 0 Å². The number of ether oxygens (including phenoxy) is 2. The lowest BCUT2D eigenvalue weighted by Gasteiger charge is -1.92. The highest BCUT2D eigenvalue weighted by atomic mass is 17.0. The SMILES string of the molecule is C=CCC12OC1(C)O2. The van der Waals surface area contributed by atoms with Crippen LogP contribution in [-0.2, 0) is 9.47 Å². The Hall–Kier alpha value is -0.340. The topological polar surface area (TPSA) is 25.1 Å². The molecule has 0 aliphatic carbocycles. The summed E-state index contributed by atoms with van der Waals surface area (Å²) in [7, 11) is 0. The molecule has 0 aromatic rings. The third-order valence-corrected chi connectivity index (χ3v) is 1.74. The quantitative estimate of drug-likeness (QED) is 0.394. The lowest BCUT2D eigenvalue weighted by molar-refractivity contribution is -0.0872. The summed E-state index contributed by atoms with van der Waals surface area (Å²) >= 11 is 0. The van der Waals surface area contributed by atoms with E-state index in [4.69, 9.17) is 9.47 Å². The molecule has 0 aromatic heterocycles. The zero-order chi connectivity index (χ0) is 5.83. The second-order valence-electron chi connectivity index (χ2n) is 2.40. The van der Waals surface area contributed by atoms with Crippen LogP contribution in [0.2, 0.25) is 0 Å². The third kappa shape index (κ3) is 0.288. The van der Waals surface area contributed by atoms with Crippen LogP contribution in [0.1, 0.15) is 13.3 Å². The molecular weight excluding hydrogens is 104 g/mol. The van der Waals surface area contributed by atoms with Gasteiger partial charge < -0.3 is 9.47 Å². The molecule has 0 atom stereocenters. The van der Waals surface area contributed by atoms with Crippen molar-refractivity contribution >= 4 is 0 Å². The summed E-state index contributed by atoms with van der Waals surface area (Å²) in [6.45, 7) is 5.52. The van der Waals surface area contributed by atoms with Crippen molar-refractivity contribution < 1.29 is 9.47 Å². The van der Waals surface area contributed by atoms with E-state index in [-0.39, 0.29) is 11.6 Å². The second kappa shape index (κ2) is 0.870. The highest BCUT2D eigenvalue weighted by Gasteiger charge is 2.87. The Kier molecular flexibility index (Phi) is 0.493. The van der Waals surface area contributed by atoms with Gasteiger partial charge in [0.25, 0.3) is 0 Å². The van der Waals surface area contributed by atoms with Crippen molar-refractivity contribution in [3.05, 3.63) is 12.7 Å². The third-order valence-electron chi connectivity index (χ3n) is 1.74. The van der Waals surface area contributed by atoms with Crippen LogP contribution in [0.3, 0.4) is 0 Å². The average molecular weight is 112 g/mol. The Morgan fingerprint density at radius 2 is 2.12 bits per heavy atom. The van der Waals surface area contributed by atoms with Crippen LogP contribution < -0.4 is 0 Å². The van der Waals surface area contributed by atoms with E-state index in [9.17, 15) is 0 Å². The first kappa shape index (κ1) is 4.53. The molecule has 0 unspecified atom stereocenters. The van der Waals surface area contributed by atoms with E-state index in [1.807, 2.05) is 13.0 Å². The minimum absolute atomic E-state index is 0.207. The fourth-order valence-electron chi connectivity index (χ4n) is 1.04. The van der Waals surface area contributed by atoms with Crippen molar-refractivity contribution in [3.63, 3.8) is 0 Å². The van der Waals surface area contributed by atoms with Gasteiger partial charge in [-0.15, -0.1) is 6.58 Å². The minimum Gasteiger partial charge on any atom is -0.307 e. The van der Waals surface area contributed by atoms with Crippen LogP contribution >= 0.6 is 0 Å². The zero-order valence-electron chi connectivity index (χ0n) is 4.81. The van der Waals surface area contributed by atoms with Gasteiger partial charge >= 0.3 is 0 Å². The molecular formula is C6H8O2. The molecule has 8 heavy (non-hydrogen) atoms. The van der Waals surface area contributed by atoms with Crippen LogP contribution in [0.4, 0.5) is 0 Å². The first-order chi connectivity index (χ1) is 3.72. The molecule has 0 spiro atoms. The number of hydrogen-bond acceptors (Lipinski definition) is 2. The number of rotatable bonds is 2. The van der Waals surface area contributed by atoms with Gasteiger partial charge in [-0.2, -0.15) is 0 Å². The first-order valence-corrected chi connectivity index (χ1v) is 2.74. The smallest absolute Gasteiger partial charge is 0.232 e. The van der Waals surface area contributed by atoms with E-state index in [0.717, 1.165) is 6.42 Å². The largest absolute Gasteiger partial charge is 0.307 e. The molecule has 2 fully saturated rings. The average Bonchev–Trinajstić information content (AvgIpc) is 2.25.